The molecule has 0 fully saturated rings. The molecule has 30 heavy (non-hydrogen) atoms. The highest BCUT2D eigenvalue weighted by molar-refractivity contribution is 6.13. The van der Waals surface area contributed by atoms with E-state index < -0.39 is 0 Å². The summed E-state index contributed by atoms with van der Waals surface area (Å²) in [6.45, 7) is 1.80. The summed E-state index contributed by atoms with van der Waals surface area (Å²) >= 11 is 0. The van der Waals surface area contributed by atoms with Crippen LogP contribution in [0, 0.1) is 0 Å². The molecular formula is C22H29ClN2O5. The van der Waals surface area contributed by atoms with E-state index in [1.807, 2.05) is 18.2 Å². The van der Waals surface area contributed by atoms with Crippen LogP contribution < -0.4 is 31.5 Å². The maximum Gasteiger partial charge on any atom is 0.337 e. The first kappa shape index (κ1) is 23.6. The lowest BCUT2D eigenvalue weighted by Gasteiger charge is -2.16. The third-order valence-corrected chi connectivity index (χ3v) is 5.13. The molecule has 8 heteroatoms. The van der Waals surface area contributed by atoms with Crippen molar-refractivity contribution in [2.45, 2.75) is 13.0 Å². The molecule has 2 aromatic carbocycles. The Labute approximate surface area is 182 Å². The van der Waals surface area contributed by atoms with E-state index in [4.69, 9.17) is 18.9 Å². The maximum atomic E-state index is 12.1. The van der Waals surface area contributed by atoms with Crippen molar-refractivity contribution in [1.29, 1.82) is 0 Å². The molecule has 7 nitrogen and oxygen atoms in total. The van der Waals surface area contributed by atoms with Crippen LogP contribution >= 0.6 is 0 Å². The fraction of sp³-hybridized carbons (Fsp3) is 0.409. The van der Waals surface area contributed by atoms with Crippen molar-refractivity contribution in [2.75, 3.05) is 49.1 Å². The normalized spacial score (nSPS) is 10.9. The van der Waals surface area contributed by atoms with Crippen LogP contribution in [-0.2, 0) is 11.3 Å². The summed E-state index contributed by atoms with van der Waals surface area (Å²) in [5, 5.41) is 2.01. The Hall–Kier alpha value is -2.64. The number of ether oxygens (including phenoxy) is 4. The van der Waals surface area contributed by atoms with Crippen LogP contribution in [0.3, 0.4) is 0 Å². The Kier molecular flexibility index (Phi) is 7.81. The van der Waals surface area contributed by atoms with Crippen molar-refractivity contribution in [2.24, 2.45) is 0 Å². The van der Waals surface area contributed by atoms with Gasteiger partial charge in [-0.3, -0.25) is 0 Å². The van der Waals surface area contributed by atoms with Crippen molar-refractivity contribution in [3.8, 4) is 17.2 Å². The number of carbonyl (C=O) groups is 1. The van der Waals surface area contributed by atoms with Gasteiger partial charge < -0.3 is 40.8 Å². The number of nitrogens with one attached hydrogen (secondary N) is 1. The van der Waals surface area contributed by atoms with Crippen LogP contribution in [0.5, 0.6) is 17.2 Å². The van der Waals surface area contributed by atoms with E-state index in [9.17, 15) is 4.79 Å². The van der Waals surface area contributed by atoms with Gasteiger partial charge in [0.15, 0.2) is 11.5 Å². The molecule has 1 heterocycles. The molecule has 0 amide bonds. The van der Waals surface area contributed by atoms with Gasteiger partial charge in [0.2, 0.25) is 5.75 Å². The highest BCUT2D eigenvalue weighted by Crippen LogP contribution is 2.46. The number of quaternary nitrogens is 1. The third kappa shape index (κ3) is 4.13. The molecule has 0 aliphatic carbocycles. The zero-order valence-corrected chi connectivity index (χ0v) is 19.1. The molecule has 1 N–H and O–H groups in total. The number of benzene rings is 2. The number of methoxy groups -OCH3 is 4. The summed E-state index contributed by atoms with van der Waals surface area (Å²) in [7, 11) is 10.5. The number of fused-ring (bicyclic) bond motifs is 3. The largest absolute Gasteiger partial charge is 1.00 e. The van der Waals surface area contributed by atoms with Crippen LogP contribution in [-0.4, -0.2) is 59.6 Å². The molecule has 0 bridgehead atoms. The Bertz CT molecular complexity index is 1050. The Morgan fingerprint density at radius 2 is 1.67 bits per heavy atom. The number of halogens is 1. The minimum absolute atomic E-state index is 0. The van der Waals surface area contributed by atoms with Gasteiger partial charge in [0, 0.05) is 23.7 Å². The lowest BCUT2D eigenvalue weighted by atomic mass is 10.1. The summed E-state index contributed by atoms with van der Waals surface area (Å²) < 4.78 is 24.0. The Morgan fingerprint density at radius 1 is 0.967 bits per heavy atom. The fourth-order valence-electron chi connectivity index (χ4n) is 3.79. The van der Waals surface area contributed by atoms with E-state index in [1.54, 1.807) is 27.4 Å². The van der Waals surface area contributed by atoms with Gasteiger partial charge >= 0.3 is 5.97 Å². The second kappa shape index (κ2) is 9.91. The van der Waals surface area contributed by atoms with Crippen molar-refractivity contribution in [1.82, 2.24) is 4.57 Å². The number of nitrogens with zero attached hydrogens (tertiary/aromatic N) is 1. The van der Waals surface area contributed by atoms with Crippen molar-refractivity contribution in [3.63, 3.8) is 0 Å². The number of carbonyl (C=O) groups excluding carboxylic acids is 1. The van der Waals surface area contributed by atoms with Crippen LogP contribution in [0.1, 0.15) is 16.8 Å². The second-order valence-electron chi connectivity index (χ2n) is 7.23. The average Bonchev–Trinajstić information content (AvgIpc) is 3.04. The van der Waals surface area contributed by atoms with E-state index in [2.05, 4.69) is 18.7 Å². The summed E-state index contributed by atoms with van der Waals surface area (Å²) in [4.78, 5) is 13.5. The standard InChI is InChI=1S/C22H28N2O5.ClH/c1-23(2)10-7-11-24-17-12-14(22(25)29-6)8-9-15(17)16-13-18(26-3)20(27-4)21(28-5)19(16)24;/h8-9,12-13H,7,10-11H2,1-6H3;1H. The molecular weight excluding hydrogens is 408 g/mol. The molecule has 0 aliphatic heterocycles. The quantitative estimate of drug-likeness (QED) is 0.466. The first-order chi connectivity index (χ1) is 14.0. The lowest BCUT2D eigenvalue weighted by molar-refractivity contribution is -0.858. The lowest BCUT2D eigenvalue weighted by Crippen LogP contribution is -3.05. The molecule has 1 aromatic heterocycles. The topological polar surface area (TPSA) is 63.4 Å². The van der Waals surface area contributed by atoms with Crippen LogP contribution in [0.15, 0.2) is 24.3 Å². The van der Waals surface area contributed by atoms with E-state index in [0.717, 1.165) is 41.3 Å². The van der Waals surface area contributed by atoms with Crippen LogP contribution in [0.2, 0.25) is 0 Å². The molecule has 0 spiro atoms. The molecule has 164 valence electrons. The highest BCUT2D eigenvalue weighted by Gasteiger charge is 2.23. The molecule has 3 aromatic rings. The summed E-state index contributed by atoms with van der Waals surface area (Å²) in [5.74, 6) is 1.42. The van der Waals surface area contributed by atoms with Gasteiger partial charge in [-0.15, -0.1) is 0 Å². The first-order valence-corrected chi connectivity index (χ1v) is 9.59. The average molecular weight is 437 g/mol. The minimum Gasteiger partial charge on any atom is -1.00 e. The predicted octanol–water partition coefficient (Wildman–Crippen LogP) is -0.854. The van der Waals surface area contributed by atoms with E-state index in [0.29, 0.717) is 22.8 Å². The van der Waals surface area contributed by atoms with Gasteiger partial charge in [-0.1, -0.05) is 6.07 Å². The Balaban J connectivity index is 0.00000320. The van der Waals surface area contributed by atoms with Crippen LogP contribution in [0.4, 0.5) is 0 Å². The molecule has 0 atom stereocenters. The summed E-state index contributed by atoms with van der Waals surface area (Å²) in [5.41, 5.74) is 2.39. The van der Waals surface area contributed by atoms with Crippen molar-refractivity contribution >= 4 is 27.8 Å². The van der Waals surface area contributed by atoms with Gasteiger partial charge in [0.25, 0.3) is 0 Å². The highest BCUT2D eigenvalue weighted by atomic mass is 35.5. The molecule has 0 saturated heterocycles. The molecule has 0 unspecified atom stereocenters. The van der Waals surface area contributed by atoms with Gasteiger partial charge in [0.05, 0.1) is 65.7 Å². The van der Waals surface area contributed by atoms with E-state index in [-0.39, 0.29) is 18.4 Å². The maximum absolute atomic E-state index is 12.1. The number of rotatable bonds is 8. The number of esters is 1. The monoisotopic (exact) mass is 436 g/mol. The third-order valence-electron chi connectivity index (χ3n) is 5.13. The minimum atomic E-state index is -0.358. The first-order valence-electron chi connectivity index (χ1n) is 9.59. The second-order valence-corrected chi connectivity index (χ2v) is 7.23. The predicted molar refractivity (Wildman–Crippen MR) is 113 cm³/mol. The van der Waals surface area contributed by atoms with Crippen LogP contribution in [0.25, 0.3) is 21.8 Å². The zero-order chi connectivity index (χ0) is 21.1. The van der Waals surface area contributed by atoms with E-state index >= 15 is 0 Å². The van der Waals surface area contributed by atoms with Gasteiger partial charge in [-0.2, -0.15) is 0 Å². The molecule has 0 aliphatic rings. The van der Waals surface area contributed by atoms with Gasteiger partial charge in [-0.25, -0.2) is 4.79 Å². The zero-order valence-electron chi connectivity index (χ0n) is 18.3. The SMILES string of the molecule is COC(=O)c1ccc2c3cc(OC)c(OC)c(OC)c3n(CCC[NH+](C)C)c2c1.[Cl-]. The number of hydrogen-bond donors (Lipinski definition) is 1. The fourth-order valence-corrected chi connectivity index (χ4v) is 3.79. The van der Waals surface area contributed by atoms with Crippen molar-refractivity contribution < 1.29 is 41.0 Å². The van der Waals surface area contributed by atoms with Gasteiger partial charge in [0.1, 0.15) is 0 Å². The number of aromatic nitrogens is 1. The van der Waals surface area contributed by atoms with Crippen molar-refractivity contribution in [3.05, 3.63) is 29.8 Å². The number of hydrogen-bond acceptors (Lipinski definition) is 5. The molecule has 0 radical (unpaired) electrons. The Morgan fingerprint density at radius 3 is 2.23 bits per heavy atom. The van der Waals surface area contributed by atoms with Gasteiger partial charge in [-0.05, 0) is 18.2 Å². The smallest absolute Gasteiger partial charge is 0.337 e. The van der Waals surface area contributed by atoms with E-state index in [1.165, 1.54) is 12.0 Å². The summed E-state index contributed by atoms with van der Waals surface area (Å²) in [6.07, 6.45) is 0.973. The molecule has 3 rings (SSSR count). The molecule has 0 saturated carbocycles. The summed E-state index contributed by atoms with van der Waals surface area (Å²) in [6, 6.07) is 7.57. The number of aryl methyl sites for hydroxylation is 1.